The van der Waals surface area contributed by atoms with Gasteiger partial charge in [-0.3, -0.25) is 9.48 Å². The van der Waals surface area contributed by atoms with E-state index in [4.69, 9.17) is 5.11 Å². The summed E-state index contributed by atoms with van der Waals surface area (Å²) < 4.78 is 2.05. The van der Waals surface area contributed by atoms with E-state index in [0.29, 0.717) is 18.4 Å². The third-order valence-corrected chi connectivity index (χ3v) is 2.89. The van der Waals surface area contributed by atoms with Gasteiger partial charge in [0.15, 0.2) is 0 Å². The fourth-order valence-electron chi connectivity index (χ4n) is 1.92. The van der Waals surface area contributed by atoms with Crippen LogP contribution in [0.3, 0.4) is 0 Å². The summed E-state index contributed by atoms with van der Waals surface area (Å²) in [6.45, 7) is 4.22. The highest BCUT2D eigenvalue weighted by Crippen LogP contribution is 2.41. The van der Waals surface area contributed by atoms with E-state index >= 15 is 0 Å². The van der Waals surface area contributed by atoms with Crippen LogP contribution in [0.25, 0.3) is 0 Å². The largest absolute Gasteiger partial charge is 0.481 e. The maximum atomic E-state index is 10.5. The molecule has 4 heteroatoms. The quantitative estimate of drug-likeness (QED) is 0.832. The Kier molecular flexibility index (Phi) is 2.99. The van der Waals surface area contributed by atoms with Crippen LogP contribution in [0.5, 0.6) is 0 Å². The molecule has 1 aromatic heterocycles. The second-order valence-electron chi connectivity index (χ2n) is 4.77. The van der Waals surface area contributed by atoms with E-state index in [-0.39, 0.29) is 6.42 Å². The molecular formula is C12H18N2O2. The zero-order chi connectivity index (χ0) is 11.7. The molecule has 16 heavy (non-hydrogen) atoms. The van der Waals surface area contributed by atoms with Crippen molar-refractivity contribution in [1.29, 1.82) is 0 Å². The summed E-state index contributed by atoms with van der Waals surface area (Å²) in [4.78, 5) is 10.5. The lowest BCUT2D eigenvalue weighted by Gasteiger charge is -2.09. The third-order valence-electron chi connectivity index (χ3n) is 2.89. The van der Waals surface area contributed by atoms with E-state index in [1.165, 1.54) is 18.5 Å². The minimum Gasteiger partial charge on any atom is -0.481 e. The molecule has 0 unspecified atom stereocenters. The predicted octanol–water partition coefficient (Wildman–Crippen LogP) is 2.36. The van der Waals surface area contributed by atoms with Crippen LogP contribution in [-0.2, 0) is 11.2 Å². The van der Waals surface area contributed by atoms with Gasteiger partial charge in [-0.25, -0.2) is 0 Å². The molecule has 0 bridgehead atoms. The monoisotopic (exact) mass is 222 g/mol. The zero-order valence-corrected chi connectivity index (χ0v) is 9.81. The van der Waals surface area contributed by atoms with Crippen molar-refractivity contribution >= 4 is 5.97 Å². The Morgan fingerprint density at radius 1 is 1.62 bits per heavy atom. The third kappa shape index (κ3) is 2.43. The first-order valence-corrected chi connectivity index (χ1v) is 5.88. The molecule has 1 aliphatic rings. The molecular weight excluding hydrogens is 204 g/mol. The first kappa shape index (κ1) is 11.2. The molecule has 1 fully saturated rings. The molecule has 1 N–H and O–H groups in total. The molecule has 1 aromatic rings. The van der Waals surface area contributed by atoms with E-state index in [1.54, 1.807) is 0 Å². The van der Waals surface area contributed by atoms with Crippen molar-refractivity contribution in [3.8, 4) is 0 Å². The Balaban J connectivity index is 2.14. The molecule has 2 rings (SSSR count). The molecule has 0 saturated heterocycles. The van der Waals surface area contributed by atoms with Gasteiger partial charge < -0.3 is 5.11 Å². The van der Waals surface area contributed by atoms with E-state index in [0.717, 1.165) is 5.69 Å². The zero-order valence-electron chi connectivity index (χ0n) is 9.81. The SMILES string of the molecule is CC(C)n1nc(CCC(=O)O)cc1C1CC1. The van der Waals surface area contributed by atoms with Gasteiger partial charge in [0.2, 0.25) is 0 Å². The van der Waals surface area contributed by atoms with Crippen molar-refractivity contribution in [2.75, 3.05) is 0 Å². The van der Waals surface area contributed by atoms with Crippen LogP contribution in [0.4, 0.5) is 0 Å². The molecule has 4 nitrogen and oxygen atoms in total. The Morgan fingerprint density at radius 3 is 2.81 bits per heavy atom. The lowest BCUT2D eigenvalue weighted by atomic mass is 10.2. The number of aromatic nitrogens is 2. The molecule has 88 valence electrons. The average molecular weight is 222 g/mol. The smallest absolute Gasteiger partial charge is 0.303 e. The maximum Gasteiger partial charge on any atom is 0.303 e. The first-order chi connectivity index (χ1) is 7.58. The second-order valence-corrected chi connectivity index (χ2v) is 4.77. The molecule has 0 radical (unpaired) electrons. The van der Waals surface area contributed by atoms with Gasteiger partial charge in [-0.2, -0.15) is 5.10 Å². The van der Waals surface area contributed by atoms with Gasteiger partial charge in [-0.15, -0.1) is 0 Å². The van der Waals surface area contributed by atoms with Crippen LogP contribution < -0.4 is 0 Å². The number of rotatable bonds is 5. The van der Waals surface area contributed by atoms with E-state index < -0.39 is 5.97 Å². The summed E-state index contributed by atoms with van der Waals surface area (Å²) in [5.74, 6) is -0.0967. The summed E-state index contributed by atoms with van der Waals surface area (Å²) in [7, 11) is 0. The minimum atomic E-state index is -0.757. The van der Waals surface area contributed by atoms with E-state index in [9.17, 15) is 4.79 Å². The van der Waals surface area contributed by atoms with E-state index in [2.05, 4.69) is 29.7 Å². The lowest BCUT2D eigenvalue weighted by molar-refractivity contribution is -0.136. The minimum absolute atomic E-state index is 0.166. The number of hydrogen-bond donors (Lipinski definition) is 1. The summed E-state index contributed by atoms with van der Waals surface area (Å²) in [5.41, 5.74) is 2.20. The Bertz CT molecular complexity index is 372. The molecule has 0 spiro atoms. The molecule has 0 atom stereocenters. The standard InChI is InChI=1S/C12H18N2O2/c1-8(2)14-11(9-3-4-9)7-10(13-14)5-6-12(15)16/h7-9H,3-6H2,1-2H3,(H,15,16). The molecule has 1 aliphatic carbocycles. The molecule has 0 aromatic carbocycles. The number of nitrogens with zero attached hydrogens (tertiary/aromatic N) is 2. The van der Waals surface area contributed by atoms with Crippen molar-refractivity contribution in [3.63, 3.8) is 0 Å². The summed E-state index contributed by atoms with van der Waals surface area (Å²) in [5, 5.41) is 13.1. The summed E-state index contributed by atoms with van der Waals surface area (Å²) in [6, 6.07) is 2.44. The fourth-order valence-corrected chi connectivity index (χ4v) is 1.92. The Hall–Kier alpha value is -1.32. The van der Waals surface area contributed by atoms with Crippen LogP contribution in [0, 0.1) is 0 Å². The fraction of sp³-hybridized carbons (Fsp3) is 0.667. The van der Waals surface area contributed by atoms with Crippen molar-refractivity contribution < 1.29 is 9.90 Å². The number of carboxylic acid groups (broad SMARTS) is 1. The molecule has 0 amide bonds. The van der Waals surface area contributed by atoms with Crippen LogP contribution in [-0.4, -0.2) is 20.9 Å². The van der Waals surface area contributed by atoms with Crippen LogP contribution >= 0.6 is 0 Å². The van der Waals surface area contributed by atoms with Crippen molar-refractivity contribution in [2.24, 2.45) is 0 Å². The maximum absolute atomic E-state index is 10.5. The number of carboxylic acids is 1. The van der Waals surface area contributed by atoms with Gasteiger partial charge >= 0.3 is 5.97 Å². The van der Waals surface area contributed by atoms with Crippen molar-refractivity contribution in [3.05, 3.63) is 17.5 Å². The van der Waals surface area contributed by atoms with Gasteiger partial charge in [0, 0.05) is 24.1 Å². The topological polar surface area (TPSA) is 55.1 Å². The number of carbonyl (C=O) groups is 1. The predicted molar refractivity (Wildman–Crippen MR) is 60.5 cm³/mol. The van der Waals surface area contributed by atoms with Crippen LogP contribution in [0.15, 0.2) is 6.07 Å². The highest BCUT2D eigenvalue weighted by molar-refractivity contribution is 5.66. The first-order valence-electron chi connectivity index (χ1n) is 5.88. The summed E-state index contributed by atoms with van der Waals surface area (Å²) in [6.07, 6.45) is 3.20. The van der Waals surface area contributed by atoms with Gasteiger partial charge in [0.25, 0.3) is 0 Å². The Labute approximate surface area is 95.3 Å². The summed E-state index contributed by atoms with van der Waals surface area (Å²) >= 11 is 0. The van der Waals surface area contributed by atoms with Crippen molar-refractivity contribution in [1.82, 2.24) is 9.78 Å². The van der Waals surface area contributed by atoms with Crippen LogP contribution in [0.1, 0.15) is 56.5 Å². The normalized spacial score (nSPS) is 15.7. The van der Waals surface area contributed by atoms with Gasteiger partial charge in [0.1, 0.15) is 0 Å². The highest BCUT2D eigenvalue weighted by Gasteiger charge is 2.28. The molecule has 1 heterocycles. The van der Waals surface area contributed by atoms with Gasteiger partial charge in [0.05, 0.1) is 12.1 Å². The van der Waals surface area contributed by atoms with E-state index in [1.807, 2.05) is 0 Å². The van der Waals surface area contributed by atoms with Crippen LogP contribution in [0.2, 0.25) is 0 Å². The lowest BCUT2D eigenvalue weighted by Crippen LogP contribution is -2.07. The number of aryl methyl sites for hydroxylation is 1. The highest BCUT2D eigenvalue weighted by atomic mass is 16.4. The average Bonchev–Trinajstić information content (AvgIpc) is 2.95. The Morgan fingerprint density at radius 2 is 2.31 bits per heavy atom. The van der Waals surface area contributed by atoms with Crippen molar-refractivity contribution in [2.45, 2.75) is 51.5 Å². The molecule has 0 aliphatic heterocycles. The number of aliphatic carboxylic acids is 1. The van der Waals surface area contributed by atoms with Gasteiger partial charge in [-0.1, -0.05) is 0 Å². The second kappa shape index (κ2) is 4.28. The molecule has 1 saturated carbocycles. The number of hydrogen-bond acceptors (Lipinski definition) is 2. The van der Waals surface area contributed by atoms with Gasteiger partial charge in [-0.05, 0) is 32.8 Å².